The van der Waals surface area contributed by atoms with E-state index in [0.29, 0.717) is 0 Å². The molecule has 7 heteroatoms. The summed E-state index contributed by atoms with van der Waals surface area (Å²) < 4.78 is 10.2. The van der Waals surface area contributed by atoms with Crippen molar-refractivity contribution in [2.45, 2.75) is 20.0 Å². The molecule has 1 rings (SSSR count). The number of nitro benzene ring substituents is 1. The molecular formula is C11H12BrNO5. The molecule has 0 N–H and O–H groups in total. The highest BCUT2D eigenvalue weighted by Gasteiger charge is 2.17. The monoisotopic (exact) mass is 317 g/mol. The van der Waals surface area contributed by atoms with Crippen molar-refractivity contribution in [2.75, 3.05) is 6.61 Å². The molecule has 0 saturated carbocycles. The molecule has 18 heavy (non-hydrogen) atoms. The molecule has 98 valence electrons. The second kappa shape index (κ2) is 6.34. The molecule has 1 aromatic carbocycles. The lowest BCUT2D eigenvalue weighted by atomic mass is 10.3. The predicted molar refractivity (Wildman–Crippen MR) is 67.5 cm³/mol. The Balaban J connectivity index is 2.71. The zero-order chi connectivity index (χ0) is 13.7. The maximum Gasteiger partial charge on any atom is 0.344 e. The quantitative estimate of drug-likeness (QED) is 0.474. The Morgan fingerprint density at radius 3 is 2.72 bits per heavy atom. The van der Waals surface area contributed by atoms with Crippen LogP contribution < -0.4 is 4.74 Å². The van der Waals surface area contributed by atoms with Crippen LogP contribution in [0.25, 0.3) is 0 Å². The van der Waals surface area contributed by atoms with Gasteiger partial charge in [0.1, 0.15) is 10.2 Å². The van der Waals surface area contributed by atoms with Crippen molar-refractivity contribution in [1.29, 1.82) is 0 Å². The standard InChI is InChI=1S/C11H12BrNO5/c1-7(2)18-10(14)6-17-9-5-3-4-8(11(9)12)13(15)16/h3-5,7H,6H2,1-2H3. The van der Waals surface area contributed by atoms with Gasteiger partial charge in [-0.3, -0.25) is 10.1 Å². The smallest absolute Gasteiger partial charge is 0.344 e. The van der Waals surface area contributed by atoms with E-state index in [1.807, 2.05) is 0 Å². The molecule has 0 radical (unpaired) electrons. The molecule has 0 spiro atoms. The minimum atomic E-state index is -0.538. The highest BCUT2D eigenvalue weighted by molar-refractivity contribution is 9.10. The topological polar surface area (TPSA) is 78.7 Å². The van der Waals surface area contributed by atoms with Crippen molar-refractivity contribution >= 4 is 27.6 Å². The Labute approximate surface area is 112 Å². The first-order chi connectivity index (χ1) is 8.41. The van der Waals surface area contributed by atoms with Crippen LogP contribution in [0.2, 0.25) is 0 Å². The molecule has 1 aromatic rings. The van der Waals surface area contributed by atoms with E-state index in [2.05, 4.69) is 15.9 Å². The minimum Gasteiger partial charge on any atom is -0.480 e. The summed E-state index contributed by atoms with van der Waals surface area (Å²) in [5, 5.41) is 10.7. The number of ether oxygens (including phenoxy) is 2. The van der Waals surface area contributed by atoms with E-state index < -0.39 is 10.9 Å². The summed E-state index contributed by atoms with van der Waals surface area (Å²) in [5.41, 5.74) is -0.121. The second-order valence-electron chi connectivity index (χ2n) is 3.67. The first-order valence-electron chi connectivity index (χ1n) is 5.17. The largest absolute Gasteiger partial charge is 0.480 e. The summed E-state index contributed by atoms with van der Waals surface area (Å²) in [6.45, 7) is 3.15. The molecule has 0 aromatic heterocycles. The summed E-state index contributed by atoms with van der Waals surface area (Å²) in [6, 6.07) is 4.34. The Hall–Kier alpha value is -1.63. The third-order valence-electron chi connectivity index (χ3n) is 1.85. The lowest BCUT2D eigenvalue weighted by Crippen LogP contribution is -2.18. The summed E-state index contributed by atoms with van der Waals surface area (Å²) >= 11 is 3.06. The van der Waals surface area contributed by atoms with E-state index >= 15 is 0 Å². The van der Waals surface area contributed by atoms with Gasteiger partial charge >= 0.3 is 5.97 Å². The van der Waals surface area contributed by atoms with Crippen LogP contribution in [0.5, 0.6) is 5.75 Å². The molecule has 0 bridgehead atoms. The number of benzene rings is 1. The number of carbonyl (C=O) groups is 1. The fourth-order valence-corrected chi connectivity index (χ4v) is 1.71. The molecule has 0 atom stereocenters. The lowest BCUT2D eigenvalue weighted by Gasteiger charge is -2.10. The van der Waals surface area contributed by atoms with Gasteiger partial charge in [-0.15, -0.1) is 0 Å². The van der Waals surface area contributed by atoms with Gasteiger partial charge in [0.15, 0.2) is 6.61 Å². The van der Waals surface area contributed by atoms with E-state index in [-0.39, 0.29) is 28.6 Å². The molecule has 0 aliphatic heterocycles. The summed E-state index contributed by atoms with van der Waals surface area (Å²) in [7, 11) is 0. The summed E-state index contributed by atoms with van der Waals surface area (Å²) in [6.07, 6.45) is -0.227. The SMILES string of the molecule is CC(C)OC(=O)COc1cccc([N+](=O)[O-])c1Br. The molecule has 0 amide bonds. The molecule has 0 saturated heterocycles. The molecular weight excluding hydrogens is 306 g/mol. The number of nitro groups is 1. The highest BCUT2D eigenvalue weighted by Crippen LogP contribution is 2.33. The van der Waals surface area contributed by atoms with E-state index in [1.54, 1.807) is 13.8 Å². The zero-order valence-electron chi connectivity index (χ0n) is 9.88. The fourth-order valence-electron chi connectivity index (χ4n) is 1.19. The van der Waals surface area contributed by atoms with Gasteiger partial charge in [0.05, 0.1) is 11.0 Å². The summed E-state index contributed by atoms with van der Waals surface area (Å²) in [4.78, 5) is 21.4. The first-order valence-corrected chi connectivity index (χ1v) is 5.96. The maximum absolute atomic E-state index is 11.3. The Bertz CT molecular complexity index is 461. The van der Waals surface area contributed by atoms with Gasteiger partial charge in [0.25, 0.3) is 5.69 Å². The van der Waals surface area contributed by atoms with Crippen molar-refractivity contribution in [1.82, 2.24) is 0 Å². The van der Waals surface area contributed by atoms with Crippen molar-refractivity contribution < 1.29 is 19.2 Å². The fraction of sp³-hybridized carbons (Fsp3) is 0.364. The predicted octanol–water partition coefficient (Wildman–Crippen LogP) is 2.69. The highest BCUT2D eigenvalue weighted by atomic mass is 79.9. The average Bonchev–Trinajstić information content (AvgIpc) is 2.26. The van der Waals surface area contributed by atoms with Crippen LogP contribution in [0.1, 0.15) is 13.8 Å². The third kappa shape index (κ3) is 3.99. The van der Waals surface area contributed by atoms with Gasteiger partial charge in [-0.1, -0.05) is 6.07 Å². The number of hydrogen-bond acceptors (Lipinski definition) is 5. The van der Waals surface area contributed by atoms with Crippen LogP contribution in [-0.2, 0) is 9.53 Å². The van der Waals surface area contributed by atoms with E-state index in [1.165, 1.54) is 18.2 Å². The lowest BCUT2D eigenvalue weighted by molar-refractivity contribution is -0.385. The number of esters is 1. The van der Waals surface area contributed by atoms with Gasteiger partial charge in [0, 0.05) is 6.07 Å². The van der Waals surface area contributed by atoms with Crippen molar-refractivity contribution in [3.05, 3.63) is 32.8 Å². The van der Waals surface area contributed by atoms with Crippen molar-refractivity contribution in [2.24, 2.45) is 0 Å². The molecule has 0 aliphatic carbocycles. The van der Waals surface area contributed by atoms with Crippen molar-refractivity contribution in [3.8, 4) is 5.75 Å². The zero-order valence-corrected chi connectivity index (χ0v) is 11.5. The minimum absolute atomic E-state index is 0.121. The maximum atomic E-state index is 11.3. The number of hydrogen-bond donors (Lipinski definition) is 0. The van der Waals surface area contributed by atoms with E-state index in [4.69, 9.17) is 9.47 Å². The molecule has 0 aliphatic rings. The molecule has 6 nitrogen and oxygen atoms in total. The van der Waals surface area contributed by atoms with Crippen LogP contribution >= 0.6 is 15.9 Å². The van der Waals surface area contributed by atoms with Gasteiger partial charge in [-0.25, -0.2) is 4.79 Å². The number of nitrogens with zero attached hydrogens (tertiary/aromatic N) is 1. The summed E-state index contributed by atoms with van der Waals surface area (Å²) in [5.74, 6) is -0.298. The van der Waals surface area contributed by atoms with Crippen LogP contribution in [0.4, 0.5) is 5.69 Å². The van der Waals surface area contributed by atoms with Gasteiger partial charge in [-0.2, -0.15) is 0 Å². The van der Waals surface area contributed by atoms with Gasteiger partial charge in [0.2, 0.25) is 0 Å². The normalized spacial score (nSPS) is 10.2. The number of carbonyl (C=O) groups excluding carboxylic acids is 1. The van der Waals surface area contributed by atoms with Crippen LogP contribution in [0, 0.1) is 10.1 Å². The van der Waals surface area contributed by atoms with E-state index in [9.17, 15) is 14.9 Å². The molecule has 0 heterocycles. The number of halogens is 1. The third-order valence-corrected chi connectivity index (χ3v) is 2.65. The Morgan fingerprint density at radius 2 is 2.17 bits per heavy atom. The van der Waals surface area contributed by atoms with Crippen LogP contribution in [0.3, 0.4) is 0 Å². The molecule has 0 unspecified atom stereocenters. The van der Waals surface area contributed by atoms with Crippen LogP contribution in [0.15, 0.2) is 22.7 Å². The Kier molecular flexibility index (Phi) is 5.08. The second-order valence-corrected chi connectivity index (χ2v) is 4.47. The molecule has 0 fully saturated rings. The van der Waals surface area contributed by atoms with Gasteiger partial charge < -0.3 is 9.47 Å². The first kappa shape index (κ1) is 14.4. The Morgan fingerprint density at radius 1 is 1.50 bits per heavy atom. The van der Waals surface area contributed by atoms with Crippen molar-refractivity contribution in [3.63, 3.8) is 0 Å². The van der Waals surface area contributed by atoms with Crippen LogP contribution in [-0.4, -0.2) is 23.6 Å². The van der Waals surface area contributed by atoms with Gasteiger partial charge in [-0.05, 0) is 35.8 Å². The van der Waals surface area contributed by atoms with E-state index in [0.717, 1.165) is 0 Å². The number of rotatable bonds is 5. The average molecular weight is 318 g/mol.